The lowest BCUT2D eigenvalue weighted by Gasteiger charge is -2.08. The normalized spacial score (nSPS) is 11.5. The SMILES string of the molecule is Cc1cc(F)c2nc(C(F)F)cc(Cl)c2c1F. The van der Waals surface area contributed by atoms with Crippen LogP contribution < -0.4 is 0 Å². The first-order valence-electron chi connectivity index (χ1n) is 4.64. The molecule has 0 aliphatic heterocycles. The Balaban J connectivity index is 2.90. The first-order chi connectivity index (χ1) is 7.91. The molecule has 0 saturated heterocycles. The van der Waals surface area contributed by atoms with Crippen molar-refractivity contribution in [3.05, 3.63) is 40.0 Å². The minimum atomic E-state index is -2.89. The number of benzene rings is 1. The van der Waals surface area contributed by atoms with Gasteiger partial charge in [0.05, 0.1) is 10.4 Å². The molecule has 0 spiro atoms. The average Bonchev–Trinajstić information content (AvgIpc) is 2.25. The molecule has 0 bridgehead atoms. The Labute approximate surface area is 99.0 Å². The zero-order valence-corrected chi connectivity index (χ0v) is 9.33. The van der Waals surface area contributed by atoms with Crippen LogP contribution in [-0.4, -0.2) is 4.98 Å². The van der Waals surface area contributed by atoms with Crippen LogP contribution in [0.25, 0.3) is 10.9 Å². The monoisotopic (exact) mass is 263 g/mol. The summed E-state index contributed by atoms with van der Waals surface area (Å²) in [6, 6.07) is 1.74. The summed E-state index contributed by atoms with van der Waals surface area (Å²) in [6.45, 7) is 1.36. The minimum absolute atomic E-state index is 0.0449. The Hall–Kier alpha value is -1.36. The second-order valence-corrected chi connectivity index (χ2v) is 3.95. The first-order valence-corrected chi connectivity index (χ1v) is 5.02. The van der Waals surface area contributed by atoms with Crippen molar-refractivity contribution in [1.29, 1.82) is 0 Å². The highest BCUT2D eigenvalue weighted by Gasteiger charge is 2.18. The van der Waals surface area contributed by atoms with Crippen molar-refractivity contribution in [2.45, 2.75) is 13.3 Å². The molecule has 0 radical (unpaired) electrons. The van der Waals surface area contributed by atoms with E-state index < -0.39 is 29.3 Å². The third-order valence-corrected chi connectivity index (χ3v) is 2.65. The summed E-state index contributed by atoms with van der Waals surface area (Å²) in [5.74, 6) is -1.62. The number of aryl methyl sites for hydroxylation is 1. The summed E-state index contributed by atoms with van der Waals surface area (Å²) < 4.78 is 52.1. The largest absolute Gasteiger partial charge is 0.280 e. The summed E-state index contributed by atoms with van der Waals surface area (Å²) in [7, 11) is 0. The van der Waals surface area contributed by atoms with E-state index in [-0.39, 0.29) is 16.0 Å². The summed E-state index contributed by atoms with van der Waals surface area (Å²) in [4.78, 5) is 3.39. The van der Waals surface area contributed by atoms with Gasteiger partial charge in [-0.05, 0) is 24.6 Å². The van der Waals surface area contributed by atoms with E-state index in [2.05, 4.69) is 4.98 Å². The molecule has 0 saturated carbocycles. The third kappa shape index (κ3) is 1.95. The fourth-order valence-corrected chi connectivity index (χ4v) is 1.83. The van der Waals surface area contributed by atoms with Crippen LogP contribution in [-0.2, 0) is 0 Å². The molecule has 90 valence electrons. The quantitative estimate of drug-likeness (QED) is 0.695. The molecule has 6 heteroatoms. The Bertz CT molecular complexity index is 598. The summed E-state index contributed by atoms with van der Waals surface area (Å²) >= 11 is 5.68. The number of pyridine rings is 1. The number of alkyl halides is 2. The molecule has 1 nitrogen and oxygen atoms in total. The number of fused-ring (bicyclic) bond motifs is 1. The Morgan fingerprint density at radius 2 is 1.88 bits per heavy atom. The van der Waals surface area contributed by atoms with Crippen molar-refractivity contribution in [3.8, 4) is 0 Å². The standard InChI is InChI=1S/C11H6ClF4N/c1-4-2-6(13)10-8(9(4)14)5(12)3-7(17-10)11(15)16/h2-3,11H,1H3. The van der Waals surface area contributed by atoms with Crippen LogP contribution in [0.3, 0.4) is 0 Å². The molecule has 0 amide bonds. The Kier molecular flexibility index (Phi) is 2.95. The fraction of sp³-hybridized carbons (Fsp3) is 0.182. The van der Waals surface area contributed by atoms with Gasteiger partial charge in [0.15, 0.2) is 0 Å². The highest BCUT2D eigenvalue weighted by Crippen LogP contribution is 2.32. The number of nitrogens with zero attached hydrogens (tertiary/aromatic N) is 1. The number of hydrogen-bond acceptors (Lipinski definition) is 1. The van der Waals surface area contributed by atoms with E-state index in [1.807, 2.05) is 0 Å². The van der Waals surface area contributed by atoms with E-state index >= 15 is 0 Å². The van der Waals surface area contributed by atoms with E-state index in [1.54, 1.807) is 0 Å². The molecule has 0 atom stereocenters. The Morgan fingerprint density at radius 3 is 2.47 bits per heavy atom. The lowest BCUT2D eigenvalue weighted by Crippen LogP contribution is -1.97. The molecule has 2 aromatic rings. The molecule has 0 aliphatic carbocycles. The highest BCUT2D eigenvalue weighted by atomic mass is 35.5. The molecule has 1 aromatic heterocycles. The van der Waals surface area contributed by atoms with Gasteiger partial charge in [-0.15, -0.1) is 0 Å². The zero-order chi connectivity index (χ0) is 12.7. The second-order valence-electron chi connectivity index (χ2n) is 3.54. The number of halogens is 5. The van der Waals surface area contributed by atoms with Gasteiger partial charge in [-0.2, -0.15) is 0 Å². The van der Waals surface area contributed by atoms with Crippen molar-refractivity contribution in [1.82, 2.24) is 4.98 Å². The average molecular weight is 264 g/mol. The molecule has 17 heavy (non-hydrogen) atoms. The van der Waals surface area contributed by atoms with E-state index in [4.69, 9.17) is 11.6 Å². The van der Waals surface area contributed by atoms with Gasteiger partial charge >= 0.3 is 0 Å². The van der Waals surface area contributed by atoms with Gasteiger partial charge in [-0.3, -0.25) is 0 Å². The predicted octanol–water partition coefficient (Wildman–Crippen LogP) is 4.41. The van der Waals surface area contributed by atoms with E-state index in [9.17, 15) is 17.6 Å². The van der Waals surface area contributed by atoms with E-state index in [0.29, 0.717) is 0 Å². The maximum atomic E-state index is 13.7. The molecule has 0 N–H and O–H groups in total. The van der Waals surface area contributed by atoms with Gasteiger partial charge in [0, 0.05) is 0 Å². The van der Waals surface area contributed by atoms with Crippen molar-refractivity contribution in [2.24, 2.45) is 0 Å². The van der Waals surface area contributed by atoms with Crippen molar-refractivity contribution in [3.63, 3.8) is 0 Å². The number of hydrogen-bond donors (Lipinski definition) is 0. The van der Waals surface area contributed by atoms with Gasteiger partial charge in [-0.1, -0.05) is 11.6 Å². The van der Waals surface area contributed by atoms with Crippen LogP contribution in [0.15, 0.2) is 12.1 Å². The van der Waals surface area contributed by atoms with E-state index in [0.717, 1.165) is 12.1 Å². The predicted molar refractivity (Wildman–Crippen MR) is 56.4 cm³/mol. The van der Waals surface area contributed by atoms with Crippen LogP contribution >= 0.6 is 11.6 Å². The van der Waals surface area contributed by atoms with Crippen molar-refractivity contribution in [2.75, 3.05) is 0 Å². The molecule has 1 aromatic carbocycles. The van der Waals surface area contributed by atoms with Crippen molar-refractivity contribution >= 4 is 22.5 Å². The van der Waals surface area contributed by atoms with Crippen molar-refractivity contribution < 1.29 is 17.6 Å². The third-order valence-electron chi connectivity index (χ3n) is 2.35. The highest BCUT2D eigenvalue weighted by molar-refractivity contribution is 6.35. The van der Waals surface area contributed by atoms with Gasteiger partial charge in [0.25, 0.3) is 6.43 Å². The van der Waals surface area contributed by atoms with Crippen LogP contribution in [0.1, 0.15) is 17.7 Å². The van der Waals surface area contributed by atoms with Crippen LogP contribution in [0.5, 0.6) is 0 Å². The van der Waals surface area contributed by atoms with Gasteiger partial charge in [0.1, 0.15) is 22.8 Å². The Morgan fingerprint density at radius 1 is 1.24 bits per heavy atom. The summed E-state index contributed by atoms with van der Waals surface area (Å²) in [5, 5.41) is -0.543. The first kappa shape index (κ1) is 12.1. The maximum Gasteiger partial charge on any atom is 0.280 e. The lowest BCUT2D eigenvalue weighted by molar-refractivity contribution is 0.146. The minimum Gasteiger partial charge on any atom is -0.244 e. The smallest absolute Gasteiger partial charge is 0.244 e. The number of aromatic nitrogens is 1. The molecular weight excluding hydrogens is 258 g/mol. The molecule has 2 rings (SSSR count). The van der Waals surface area contributed by atoms with Gasteiger partial charge in [0.2, 0.25) is 0 Å². The maximum absolute atomic E-state index is 13.7. The van der Waals surface area contributed by atoms with Gasteiger partial charge in [-0.25, -0.2) is 22.5 Å². The summed E-state index contributed by atoms with van der Waals surface area (Å²) in [6.07, 6.45) is -2.89. The van der Waals surface area contributed by atoms with Crippen LogP contribution in [0.4, 0.5) is 17.6 Å². The molecule has 0 aliphatic rings. The number of rotatable bonds is 1. The van der Waals surface area contributed by atoms with Crippen LogP contribution in [0.2, 0.25) is 5.02 Å². The molecule has 0 unspecified atom stereocenters. The molecule has 0 fully saturated rings. The topological polar surface area (TPSA) is 12.9 Å². The second kappa shape index (κ2) is 4.14. The summed E-state index contributed by atoms with van der Waals surface area (Å²) in [5.41, 5.74) is -1.11. The van der Waals surface area contributed by atoms with Crippen LogP contribution in [0, 0.1) is 18.6 Å². The fourth-order valence-electron chi connectivity index (χ4n) is 1.54. The van der Waals surface area contributed by atoms with E-state index in [1.165, 1.54) is 6.92 Å². The lowest BCUT2D eigenvalue weighted by atomic mass is 10.1. The zero-order valence-electron chi connectivity index (χ0n) is 8.57. The molecule has 1 heterocycles. The van der Waals surface area contributed by atoms with Gasteiger partial charge < -0.3 is 0 Å². The molecular formula is C11H6ClF4N.